The van der Waals surface area contributed by atoms with Crippen molar-refractivity contribution in [2.45, 2.75) is 46.1 Å². The number of hydrogen-bond donors (Lipinski definition) is 2. The van der Waals surface area contributed by atoms with Gasteiger partial charge in [0.1, 0.15) is 6.04 Å². The maximum absolute atomic E-state index is 12.4. The first-order chi connectivity index (χ1) is 9.31. The van der Waals surface area contributed by atoms with Crippen molar-refractivity contribution in [3.05, 3.63) is 0 Å². The van der Waals surface area contributed by atoms with Gasteiger partial charge in [-0.1, -0.05) is 13.8 Å². The number of carbonyl (C=O) groups excluding carboxylic acids is 2. The van der Waals surface area contributed by atoms with E-state index in [0.29, 0.717) is 25.9 Å². The molecular weight excluding hydrogens is 260 g/mol. The minimum atomic E-state index is -0.784. The first-order valence-corrected chi connectivity index (χ1v) is 7.09. The lowest BCUT2D eigenvalue weighted by Gasteiger charge is -2.35. The van der Waals surface area contributed by atoms with E-state index < -0.39 is 12.0 Å². The molecule has 1 atom stereocenters. The van der Waals surface area contributed by atoms with Crippen LogP contribution in [0, 0.1) is 11.8 Å². The Kier molecular flexibility index (Phi) is 5.98. The van der Waals surface area contributed by atoms with Gasteiger partial charge in [0.05, 0.1) is 0 Å². The molecule has 0 aromatic heterocycles. The summed E-state index contributed by atoms with van der Waals surface area (Å²) in [5, 5.41) is 11.5. The lowest BCUT2D eigenvalue weighted by Crippen LogP contribution is -2.52. The van der Waals surface area contributed by atoms with Gasteiger partial charge >= 0.3 is 5.97 Å². The smallest absolute Gasteiger partial charge is 0.303 e. The van der Waals surface area contributed by atoms with Crippen molar-refractivity contribution in [3.63, 3.8) is 0 Å². The van der Waals surface area contributed by atoms with E-state index in [0.717, 1.165) is 0 Å². The summed E-state index contributed by atoms with van der Waals surface area (Å²) in [4.78, 5) is 36.0. The summed E-state index contributed by atoms with van der Waals surface area (Å²) in [6, 6.07) is -0.497. The maximum Gasteiger partial charge on any atom is 0.303 e. The maximum atomic E-state index is 12.4. The second-order valence-corrected chi connectivity index (χ2v) is 5.79. The highest BCUT2D eigenvalue weighted by molar-refractivity contribution is 5.87. The number of rotatable bonds is 5. The molecule has 20 heavy (non-hydrogen) atoms. The average Bonchev–Trinajstić information content (AvgIpc) is 2.35. The molecule has 6 heteroatoms. The van der Waals surface area contributed by atoms with E-state index in [9.17, 15) is 14.4 Å². The van der Waals surface area contributed by atoms with Crippen LogP contribution in [0.3, 0.4) is 0 Å². The van der Waals surface area contributed by atoms with Gasteiger partial charge in [-0.05, 0) is 24.7 Å². The van der Waals surface area contributed by atoms with Crippen LogP contribution in [-0.2, 0) is 14.4 Å². The van der Waals surface area contributed by atoms with Crippen LogP contribution < -0.4 is 5.32 Å². The Morgan fingerprint density at radius 2 is 1.80 bits per heavy atom. The highest BCUT2D eigenvalue weighted by atomic mass is 16.4. The van der Waals surface area contributed by atoms with Gasteiger partial charge in [-0.15, -0.1) is 0 Å². The second kappa shape index (κ2) is 7.26. The number of nitrogens with zero attached hydrogens (tertiary/aromatic N) is 1. The summed E-state index contributed by atoms with van der Waals surface area (Å²) < 4.78 is 0. The molecule has 6 nitrogen and oxygen atoms in total. The van der Waals surface area contributed by atoms with Crippen LogP contribution in [0.25, 0.3) is 0 Å². The molecule has 2 amide bonds. The van der Waals surface area contributed by atoms with Crippen LogP contribution in [0.4, 0.5) is 0 Å². The summed E-state index contributed by atoms with van der Waals surface area (Å²) in [5.74, 6) is -0.882. The van der Waals surface area contributed by atoms with Gasteiger partial charge in [0.2, 0.25) is 11.8 Å². The second-order valence-electron chi connectivity index (χ2n) is 5.79. The summed E-state index contributed by atoms with van der Waals surface area (Å²) in [6.45, 7) is 6.34. The number of piperidine rings is 1. The van der Waals surface area contributed by atoms with Gasteiger partial charge in [-0.3, -0.25) is 14.4 Å². The lowest BCUT2D eigenvalue weighted by molar-refractivity contribution is -0.140. The third-order valence-corrected chi connectivity index (χ3v) is 3.68. The Morgan fingerprint density at radius 3 is 2.20 bits per heavy atom. The molecule has 0 bridgehead atoms. The Hall–Kier alpha value is -1.59. The van der Waals surface area contributed by atoms with Crippen LogP contribution in [-0.4, -0.2) is 46.9 Å². The third kappa shape index (κ3) is 4.83. The molecule has 1 unspecified atom stereocenters. The van der Waals surface area contributed by atoms with Gasteiger partial charge in [0.25, 0.3) is 0 Å². The number of carbonyl (C=O) groups is 3. The molecule has 0 aromatic rings. The minimum Gasteiger partial charge on any atom is -0.481 e. The van der Waals surface area contributed by atoms with E-state index in [-0.39, 0.29) is 30.1 Å². The highest BCUT2D eigenvalue weighted by Crippen LogP contribution is 2.21. The van der Waals surface area contributed by atoms with E-state index in [1.807, 2.05) is 13.8 Å². The molecule has 1 aliphatic rings. The fourth-order valence-corrected chi connectivity index (χ4v) is 2.53. The molecule has 1 aliphatic heterocycles. The van der Waals surface area contributed by atoms with Gasteiger partial charge in [0, 0.05) is 26.4 Å². The van der Waals surface area contributed by atoms with Crippen molar-refractivity contribution < 1.29 is 19.5 Å². The molecule has 0 radical (unpaired) electrons. The largest absolute Gasteiger partial charge is 0.481 e. The number of aliphatic carboxylic acids is 1. The van der Waals surface area contributed by atoms with Crippen molar-refractivity contribution in [2.24, 2.45) is 11.8 Å². The van der Waals surface area contributed by atoms with Crippen LogP contribution in [0.2, 0.25) is 0 Å². The molecule has 0 spiro atoms. The van der Waals surface area contributed by atoms with Crippen molar-refractivity contribution in [2.75, 3.05) is 13.1 Å². The summed E-state index contributed by atoms with van der Waals surface area (Å²) >= 11 is 0. The molecule has 1 fully saturated rings. The Balaban J connectivity index is 2.55. The van der Waals surface area contributed by atoms with Crippen molar-refractivity contribution in [3.8, 4) is 0 Å². The molecule has 2 N–H and O–H groups in total. The van der Waals surface area contributed by atoms with Gasteiger partial charge in [-0.2, -0.15) is 0 Å². The number of likely N-dealkylation sites (tertiary alicyclic amines) is 1. The Bertz CT molecular complexity index is 373. The van der Waals surface area contributed by atoms with Crippen molar-refractivity contribution >= 4 is 17.8 Å². The average molecular weight is 284 g/mol. The third-order valence-electron chi connectivity index (χ3n) is 3.68. The zero-order valence-corrected chi connectivity index (χ0v) is 12.4. The molecule has 0 saturated carbocycles. The molecule has 0 aromatic carbocycles. The SMILES string of the molecule is CC(=O)NC(C(=O)N1CCC(CC(=O)O)CC1)C(C)C. The molecule has 1 heterocycles. The summed E-state index contributed by atoms with van der Waals surface area (Å²) in [6.07, 6.45) is 1.59. The Labute approximate surface area is 119 Å². The van der Waals surface area contributed by atoms with Crippen LogP contribution in [0.5, 0.6) is 0 Å². The molecule has 1 saturated heterocycles. The van der Waals surface area contributed by atoms with E-state index in [1.54, 1.807) is 4.90 Å². The Morgan fingerprint density at radius 1 is 1.25 bits per heavy atom. The lowest BCUT2D eigenvalue weighted by atomic mass is 9.92. The van der Waals surface area contributed by atoms with Gasteiger partial charge in [-0.25, -0.2) is 0 Å². The topological polar surface area (TPSA) is 86.7 Å². The van der Waals surface area contributed by atoms with E-state index in [4.69, 9.17) is 5.11 Å². The van der Waals surface area contributed by atoms with E-state index in [1.165, 1.54) is 6.92 Å². The number of nitrogens with one attached hydrogen (secondary N) is 1. The van der Waals surface area contributed by atoms with Crippen LogP contribution in [0.1, 0.15) is 40.0 Å². The molecule has 114 valence electrons. The number of carboxylic acid groups (broad SMARTS) is 1. The predicted molar refractivity (Wildman–Crippen MR) is 74.0 cm³/mol. The number of amides is 2. The van der Waals surface area contributed by atoms with Gasteiger partial charge in [0.15, 0.2) is 0 Å². The quantitative estimate of drug-likeness (QED) is 0.784. The summed E-state index contributed by atoms with van der Waals surface area (Å²) in [7, 11) is 0. The van der Waals surface area contributed by atoms with E-state index >= 15 is 0 Å². The van der Waals surface area contributed by atoms with Crippen LogP contribution >= 0.6 is 0 Å². The fraction of sp³-hybridized carbons (Fsp3) is 0.786. The first kappa shape index (κ1) is 16.5. The normalized spacial score (nSPS) is 17.9. The van der Waals surface area contributed by atoms with E-state index in [2.05, 4.69) is 5.32 Å². The van der Waals surface area contributed by atoms with Crippen molar-refractivity contribution in [1.82, 2.24) is 10.2 Å². The number of hydrogen-bond acceptors (Lipinski definition) is 3. The van der Waals surface area contributed by atoms with Gasteiger partial charge < -0.3 is 15.3 Å². The molecular formula is C14H24N2O4. The number of carboxylic acids is 1. The first-order valence-electron chi connectivity index (χ1n) is 7.09. The molecule has 1 rings (SSSR count). The fourth-order valence-electron chi connectivity index (χ4n) is 2.53. The highest BCUT2D eigenvalue weighted by Gasteiger charge is 2.30. The summed E-state index contributed by atoms with van der Waals surface area (Å²) in [5.41, 5.74) is 0. The zero-order valence-electron chi connectivity index (χ0n) is 12.4. The van der Waals surface area contributed by atoms with Crippen LogP contribution in [0.15, 0.2) is 0 Å². The standard InChI is InChI=1S/C14H24N2O4/c1-9(2)13(15-10(3)17)14(20)16-6-4-11(5-7-16)8-12(18)19/h9,11,13H,4-8H2,1-3H3,(H,15,17)(H,18,19). The molecule has 0 aliphatic carbocycles. The zero-order chi connectivity index (χ0) is 15.3. The van der Waals surface area contributed by atoms with Crippen molar-refractivity contribution in [1.29, 1.82) is 0 Å². The monoisotopic (exact) mass is 284 g/mol. The predicted octanol–water partition coefficient (Wildman–Crippen LogP) is 0.860. The minimum absolute atomic E-state index is 0.0307.